The number of fused-ring (bicyclic) bond motifs is 12. The van der Waals surface area contributed by atoms with Crippen LogP contribution in [0.4, 0.5) is 0 Å². The molecule has 39 heavy (non-hydrogen) atoms. The normalized spacial score (nSPS) is 17.6. The predicted molar refractivity (Wildman–Crippen MR) is 150 cm³/mol. The summed E-state index contributed by atoms with van der Waals surface area (Å²) in [6, 6.07) is 7.83. The number of H-pyrrole nitrogens is 3. The number of furan rings is 1. The highest BCUT2D eigenvalue weighted by Crippen LogP contribution is 2.60. The van der Waals surface area contributed by atoms with Crippen LogP contribution in [0.25, 0.3) is 44.2 Å². The molecule has 0 bridgehead atoms. The number of benzene rings is 2. The van der Waals surface area contributed by atoms with E-state index in [1.54, 1.807) is 0 Å². The molecule has 1 spiro atoms. The average molecular weight is 521 g/mol. The van der Waals surface area contributed by atoms with Crippen LogP contribution in [0.15, 0.2) is 47.3 Å². The molecule has 2 aromatic carbocycles. The van der Waals surface area contributed by atoms with Crippen molar-refractivity contribution in [2.24, 2.45) is 17.2 Å². The fourth-order valence-electron chi connectivity index (χ4n) is 6.88. The van der Waals surface area contributed by atoms with Crippen molar-refractivity contribution in [1.29, 1.82) is 0 Å². The van der Waals surface area contributed by atoms with Gasteiger partial charge in [0.2, 0.25) is 11.4 Å². The minimum Gasteiger partial charge on any atom is -0.469 e. The molecule has 6 aromatic rings. The number of aromatic nitrogens is 3. The highest BCUT2D eigenvalue weighted by molar-refractivity contribution is 6.27. The lowest BCUT2D eigenvalue weighted by atomic mass is 9.69. The van der Waals surface area contributed by atoms with Gasteiger partial charge in [0.15, 0.2) is 5.76 Å². The number of rotatable bonds is 6. The zero-order chi connectivity index (χ0) is 26.5. The number of ketones is 1. The Balaban J connectivity index is 1.50. The first kappa shape index (κ1) is 22.7. The van der Waals surface area contributed by atoms with Crippen LogP contribution >= 0.6 is 0 Å². The number of carbonyl (C=O) groups excluding carboxylic acids is 1. The van der Waals surface area contributed by atoms with Gasteiger partial charge in [0.25, 0.3) is 0 Å². The van der Waals surface area contributed by atoms with Crippen LogP contribution in [-0.4, -0.2) is 40.4 Å². The highest BCUT2D eigenvalue weighted by atomic mass is 16.5. The van der Waals surface area contributed by atoms with Gasteiger partial charge in [-0.2, -0.15) is 0 Å². The maximum atomic E-state index is 15.0. The van der Waals surface area contributed by atoms with E-state index in [-0.39, 0.29) is 5.78 Å². The van der Waals surface area contributed by atoms with Crippen molar-refractivity contribution in [2.75, 3.05) is 19.6 Å². The first-order valence-corrected chi connectivity index (χ1v) is 13.4. The largest absolute Gasteiger partial charge is 0.469 e. The monoisotopic (exact) mass is 520 g/mol. The lowest BCUT2D eigenvalue weighted by Gasteiger charge is -2.45. The van der Waals surface area contributed by atoms with Crippen LogP contribution < -0.4 is 21.9 Å². The third-order valence-corrected chi connectivity index (χ3v) is 8.41. The maximum Gasteiger partial charge on any atom is 0.228 e. The Morgan fingerprint density at radius 2 is 1.36 bits per heavy atom. The van der Waals surface area contributed by atoms with Gasteiger partial charge in [-0.1, -0.05) is 0 Å². The zero-order valence-corrected chi connectivity index (χ0v) is 21.2. The van der Waals surface area contributed by atoms with E-state index >= 15 is 4.79 Å². The topological polar surface area (TPSA) is 165 Å². The van der Waals surface area contributed by atoms with E-state index in [2.05, 4.69) is 15.0 Å². The third kappa shape index (κ3) is 2.66. The molecule has 0 saturated carbocycles. The van der Waals surface area contributed by atoms with E-state index < -0.39 is 5.60 Å². The summed E-state index contributed by atoms with van der Waals surface area (Å²) in [5.41, 5.74) is 25.2. The zero-order valence-electron chi connectivity index (χ0n) is 21.2. The molecule has 1 atom stereocenters. The number of aromatic amines is 3. The summed E-state index contributed by atoms with van der Waals surface area (Å²) in [5.74, 6) is 1.10. The molecule has 5 heterocycles. The van der Waals surface area contributed by atoms with Crippen molar-refractivity contribution >= 4 is 38.6 Å². The van der Waals surface area contributed by atoms with Crippen molar-refractivity contribution < 1.29 is 13.9 Å². The number of carbonyl (C=O) groups is 1. The molecule has 9 nitrogen and oxygen atoms in total. The van der Waals surface area contributed by atoms with Crippen LogP contribution in [0.3, 0.4) is 0 Å². The molecule has 1 unspecified atom stereocenters. The lowest BCUT2D eigenvalue weighted by molar-refractivity contribution is 0.0389. The average Bonchev–Trinajstić information content (AvgIpc) is 3.69. The number of Topliss-reactive ketones (excluding diaryl/α,β-unsaturated/α-hetero) is 1. The van der Waals surface area contributed by atoms with Crippen LogP contribution in [-0.2, 0) is 24.9 Å². The molecule has 9 heteroatoms. The number of hydrogen-bond donors (Lipinski definition) is 6. The summed E-state index contributed by atoms with van der Waals surface area (Å²) >= 11 is 0. The Kier molecular flexibility index (Phi) is 4.56. The molecule has 0 radical (unpaired) electrons. The quantitative estimate of drug-likeness (QED) is 0.196. The third-order valence-electron chi connectivity index (χ3n) is 8.41. The van der Waals surface area contributed by atoms with E-state index in [1.165, 1.54) is 0 Å². The minimum absolute atomic E-state index is 0.131. The lowest BCUT2D eigenvalue weighted by Crippen LogP contribution is -2.52. The molecular weight excluding hydrogens is 492 g/mol. The van der Waals surface area contributed by atoms with E-state index in [0.717, 1.165) is 60.7 Å². The number of nitrogens with two attached hydrogens (primary N) is 3. The number of ether oxygens (including phenoxy) is 1. The van der Waals surface area contributed by atoms with Crippen molar-refractivity contribution in [3.8, 4) is 17.2 Å². The van der Waals surface area contributed by atoms with Gasteiger partial charge in [-0.05, 0) is 79.9 Å². The smallest absolute Gasteiger partial charge is 0.228 e. The molecular formula is C30H28N6O3. The Morgan fingerprint density at radius 3 is 2.10 bits per heavy atom. The van der Waals surface area contributed by atoms with Crippen LogP contribution in [0.2, 0.25) is 0 Å². The summed E-state index contributed by atoms with van der Waals surface area (Å²) in [4.78, 5) is 25.2. The highest BCUT2D eigenvalue weighted by Gasteiger charge is 2.61. The van der Waals surface area contributed by atoms with Crippen LogP contribution in [0.5, 0.6) is 5.75 Å². The Labute approximate surface area is 222 Å². The van der Waals surface area contributed by atoms with E-state index in [1.807, 2.05) is 42.9 Å². The Morgan fingerprint density at radius 1 is 0.718 bits per heavy atom. The fourth-order valence-corrected chi connectivity index (χ4v) is 6.88. The van der Waals surface area contributed by atoms with Crippen molar-refractivity contribution in [3.63, 3.8) is 0 Å². The van der Waals surface area contributed by atoms with Crippen molar-refractivity contribution in [3.05, 3.63) is 76.2 Å². The van der Waals surface area contributed by atoms with Gasteiger partial charge in [-0.3, -0.25) is 4.79 Å². The summed E-state index contributed by atoms with van der Waals surface area (Å²) in [5, 5.41) is 2.75. The Bertz CT molecular complexity index is 1970. The Hall–Kier alpha value is -4.31. The standard InChI is InChI=1S/C30H28N6O3/c31-8-5-14-11-34-17-1-3-19-23(21(14)17)24-28(38-19)27-25(16(7-10-33)13-36-27)30(29(24)37)26-20(39-30)4-2-18-22(26)15(6-9-32)12-35-18/h1-4,11-13,34-36H,5-10,31-33H2. The van der Waals surface area contributed by atoms with Crippen molar-refractivity contribution in [1.82, 2.24) is 15.0 Å². The van der Waals surface area contributed by atoms with E-state index in [4.69, 9.17) is 26.4 Å². The van der Waals surface area contributed by atoms with E-state index in [0.29, 0.717) is 61.6 Å². The summed E-state index contributed by atoms with van der Waals surface area (Å²) in [7, 11) is 0. The van der Waals surface area contributed by atoms with Crippen molar-refractivity contribution in [2.45, 2.75) is 24.9 Å². The second kappa shape index (κ2) is 7.86. The first-order chi connectivity index (χ1) is 19.1. The molecule has 0 amide bonds. The molecule has 9 N–H and O–H groups in total. The maximum absolute atomic E-state index is 15.0. The molecule has 4 aromatic heterocycles. The van der Waals surface area contributed by atoms with Gasteiger partial charge < -0.3 is 41.3 Å². The molecule has 0 fully saturated rings. The number of nitrogens with one attached hydrogen (secondary N) is 3. The summed E-state index contributed by atoms with van der Waals surface area (Å²) in [6.07, 6.45) is 7.84. The SMILES string of the molecule is NCCc1c[nH]c2c1C1(Oc3ccc4[nH]cc(CCN)c4c31)C(=O)c1c-2oc2ccc3[nH]cc(CCN)c3c12. The summed E-state index contributed by atoms with van der Waals surface area (Å²) < 4.78 is 13.1. The number of hydrogen-bond acceptors (Lipinski definition) is 6. The van der Waals surface area contributed by atoms with Gasteiger partial charge in [0.1, 0.15) is 11.3 Å². The molecule has 2 aliphatic rings. The van der Waals surface area contributed by atoms with Crippen LogP contribution in [0, 0.1) is 0 Å². The second-order valence-corrected chi connectivity index (χ2v) is 10.4. The van der Waals surface area contributed by atoms with E-state index in [9.17, 15) is 0 Å². The molecule has 0 saturated heterocycles. The van der Waals surface area contributed by atoms with Gasteiger partial charge in [-0.25, -0.2) is 0 Å². The predicted octanol–water partition coefficient (Wildman–Crippen LogP) is 3.73. The van der Waals surface area contributed by atoms with Gasteiger partial charge >= 0.3 is 0 Å². The second-order valence-electron chi connectivity index (χ2n) is 10.4. The van der Waals surface area contributed by atoms with Crippen LogP contribution in [0.1, 0.15) is 38.2 Å². The molecule has 1 aliphatic carbocycles. The minimum atomic E-state index is -1.32. The first-order valence-electron chi connectivity index (χ1n) is 13.4. The molecule has 8 rings (SSSR count). The molecule has 1 aliphatic heterocycles. The van der Waals surface area contributed by atoms with Gasteiger partial charge in [0.05, 0.1) is 16.8 Å². The summed E-state index contributed by atoms with van der Waals surface area (Å²) in [6.45, 7) is 1.43. The fraction of sp³-hybridized carbons (Fsp3) is 0.233. The molecule has 196 valence electrons. The van der Waals surface area contributed by atoms with Gasteiger partial charge in [0, 0.05) is 51.3 Å². The van der Waals surface area contributed by atoms with Gasteiger partial charge in [-0.15, -0.1) is 0 Å².